The van der Waals surface area contributed by atoms with Crippen LogP contribution in [-0.4, -0.2) is 50.8 Å². The van der Waals surface area contributed by atoms with Crippen LogP contribution in [-0.2, 0) is 37.5 Å². The molecule has 0 aliphatic heterocycles. The molecule has 1 aliphatic carbocycles. The largest absolute Gasteiger partial charge is 0.697 e. The van der Waals surface area contributed by atoms with Gasteiger partial charge in [0.1, 0.15) is 19.8 Å². The highest BCUT2D eigenvalue weighted by Crippen LogP contribution is 2.40. The van der Waals surface area contributed by atoms with Crippen LogP contribution in [0.1, 0.15) is 176 Å². The van der Waals surface area contributed by atoms with E-state index in [9.17, 15) is 18.9 Å². The zero-order valence-electron chi connectivity index (χ0n) is 37.2. The number of ether oxygens (including phenoxy) is 2. The van der Waals surface area contributed by atoms with Gasteiger partial charge in [0.25, 0.3) is 0 Å². The van der Waals surface area contributed by atoms with Crippen molar-refractivity contribution in [3.8, 4) is 0 Å². The quantitative estimate of drug-likeness (QED) is 0.0224. The number of allylic oxidation sites excluding steroid dienone is 11. The fourth-order valence-electron chi connectivity index (χ4n) is 6.66. The molecule has 0 saturated heterocycles. The van der Waals surface area contributed by atoms with Gasteiger partial charge >= 0.3 is 20.2 Å². The lowest BCUT2D eigenvalue weighted by atomic mass is 9.72. The van der Waals surface area contributed by atoms with E-state index < -0.39 is 8.25 Å². The normalized spacial score (nSPS) is 15.2. The van der Waals surface area contributed by atoms with Crippen molar-refractivity contribution in [3.05, 3.63) is 70.9 Å². The number of nitrogens with one attached hydrogen (secondary N) is 1. The van der Waals surface area contributed by atoms with E-state index in [1.54, 1.807) is 0 Å². The molecular weight excluding hydrogens is 750 g/mol. The van der Waals surface area contributed by atoms with Gasteiger partial charge in [-0.05, 0) is 95.6 Å². The second-order valence-corrected chi connectivity index (χ2v) is 17.1. The van der Waals surface area contributed by atoms with E-state index in [1.165, 1.54) is 93.8 Å². The van der Waals surface area contributed by atoms with Crippen molar-refractivity contribution < 1.29 is 37.5 Å². The average Bonchev–Trinajstić information content (AvgIpc) is 3.17. The predicted molar refractivity (Wildman–Crippen MR) is 238 cm³/mol. The van der Waals surface area contributed by atoms with Crippen molar-refractivity contribution in [1.82, 2.24) is 5.32 Å². The smallest absolute Gasteiger partial charge is 0.466 e. The Hall–Kier alpha value is -3.13. The third-order valence-electron chi connectivity index (χ3n) is 10.2. The molecule has 0 aromatic heterocycles. The number of unbranched alkanes of at least 4 members (excludes halogenated alkanes) is 11. The summed E-state index contributed by atoms with van der Waals surface area (Å²) < 4.78 is 32.7. The lowest BCUT2D eigenvalue weighted by molar-refractivity contribution is -0.144. The van der Waals surface area contributed by atoms with E-state index >= 15 is 0 Å². The number of amides is 1. The molecule has 1 aliphatic rings. The standard InChI is InChI=1S/C48H78NO8P/c1-7-8-9-10-11-12-13-14-15-16-17-18-19-20-21-30-46(51)54-37-25-38-56-58(53)57-40-36-49-45(50)29-23-31-47(52)55-39-34-42(3)27-22-26-41(2)32-33-44-43(4)28-24-35-48(44,5)6/h14-15,22,26-27,32-34H,7-13,16-21,23-25,28-31,35-40H2,1-6H3/p+1/b15-14-,27-22+,33-32+,41-26+,42-34+. The van der Waals surface area contributed by atoms with Gasteiger partial charge in [0.15, 0.2) is 0 Å². The maximum absolute atomic E-state index is 12.1. The Balaban J connectivity index is 1.99. The molecule has 1 amide bonds. The second-order valence-electron chi connectivity index (χ2n) is 16.2. The summed E-state index contributed by atoms with van der Waals surface area (Å²) in [6.45, 7) is 13.9. The summed E-state index contributed by atoms with van der Waals surface area (Å²) in [6, 6.07) is 0. The third kappa shape index (κ3) is 30.0. The molecule has 10 heteroatoms. The van der Waals surface area contributed by atoms with E-state index in [4.69, 9.17) is 18.5 Å². The highest BCUT2D eigenvalue weighted by molar-refractivity contribution is 7.33. The van der Waals surface area contributed by atoms with E-state index in [1.807, 2.05) is 25.2 Å². The Kier molecular flexibility index (Phi) is 31.6. The van der Waals surface area contributed by atoms with Crippen LogP contribution < -0.4 is 5.32 Å². The first kappa shape index (κ1) is 52.9. The zero-order valence-corrected chi connectivity index (χ0v) is 38.1. The van der Waals surface area contributed by atoms with Crippen LogP contribution in [0.5, 0.6) is 0 Å². The molecule has 0 radical (unpaired) electrons. The summed E-state index contributed by atoms with van der Waals surface area (Å²) in [7, 11) is -2.34. The molecule has 1 atom stereocenters. The van der Waals surface area contributed by atoms with Crippen LogP contribution >= 0.6 is 8.25 Å². The number of carbonyl (C=O) groups excluding carboxylic acids is 3. The number of hydrogen-bond donors (Lipinski definition) is 1. The number of hydrogen-bond acceptors (Lipinski definition) is 8. The SMILES string of the molecule is CCCCCCCC/C=C\CCCCCCCC(=O)OCCCO[P+](=O)OCCNC(=O)CCCC(=O)OC/C=C(C)/C=C/C=C(C)/C=C/C1=C(C)CCCC1(C)C. The van der Waals surface area contributed by atoms with Crippen LogP contribution in [0.3, 0.4) is 0 Å². The molecule has 1 N–H and O–H groups in total. The summed E-state index contributed by atoms with van der Waals surface area (Å²) in [5, 5.41) is 2.68. The van der Waals surface area contributed by atoms with Gasteiger partial charge in [-0.25, -0.2) is 0 Å². The predicted octanol–water partition coefficient (Wildman–Crippen LogP) is 13.0. The molecule has 0 heterocycles. The highest BCUT2D eigenvalue weighted by Gasteiger charge is 2.26. The Morgan fingerprint density at radius 1 is 0.741 bits per heavy atom. The Labute approximate surface area is 353 Å². The van der Waals surface area contributed by atoms with Gasteiger partial charge in [-0.15, -0.1) is 9.05 Å². The van der Waals surface area contributed by atoms with Crippen LogP contribution in [0, 0.1) is 5.41 Å². The van der Waals surface area contributed by atoms with Crippen molar-refractivity contribution in [2.24, 2.45) is 5.41 Å². The topological polar surface area (TPSA) is 117 Å². The van der Waals surface area contributed by atoms with Gasteiger partial charge in [0.2, 0.25) is 5.91 Å². The minimum Gasteiger partial charge on any atom is -0.466 e. The Morgan fingerprint density at radius 2 is 1.38 bits per heavy atom. The molecule has 0 aromatic carbocycles. The monoisotopic (exact) mass is 829 g/mol. The van der Waals surface area contributed by atoms with E-state index in [0.29, 0.717) is 19.3 Å². The first-order valence-corrected chi connectivity index (χ1v) is 23.4. The van der Waals surface area contributed by atoms with Crippen LogP contribution in [0.15, 0.2) is 70.9 Å². The average molecular weight is 829 g/mol. The molecular formula is C48H79NO8P+. The summed E-state index contributed by atoms with van der Waals surface area (Å²) in [5.74, 6) is -0.807. The van der Waals surface area contributed by atoms with Crippen molar-refractivity contribution in [3.63, 3.8) is 0 Å². The van der Waals surface area contributed by atoms with Gasteiger partial charge in [-0.1, -0.05) is 131 Å². The Bertz CT molecular complexity index is 1370. The lowest BCUT2D eigenvalue weighted by Crippen LogP contribution is -2.26. The molecule has 9 nitrogen and oxygen atoms in total. The molecule has 1 unspecified atom stereocenters. The molecule has 0 spiro atoms. The van der Waals surface area contributed by atoms with E-state index in [-0.39, 0.29) is 69.1 Å². The van der Waals surface area contributed by atoms with Crippen LogP contribution in [0.2, 0.25) is 0 Å². The minimum absolute atomic E-state index is 0.0242. The molecule has 0 aromatic rings. The third-order valence-corrected chi connectivity index (χ3v) is 11.0. The van der Waals surface area contributed by atoms with E-state index in [0.717, 1.165) is 31.3 Å². The van der Waals surface area contributed by atoms with Crippen molar-refractivity contribution in [1.29, 1.82) is 0 Å². The zero-order chi connectivity index (χ0) is 42.7. The molecule has 328 valence electrons. The first-order valence-electron chi connectivity index (χ1n) is 22.3. The van der Waals surface area contributed by atoms with Crippen LogP contribution in [0.25, 0.3) is 0 Å². The fraction of sp³-hybridized carbons (Fsp3) is 0.688. The minimum atomic E-state index is -2.34. The maximum Gasteiger partial charge on any atom is 0.697 e. The molecule has 58 heavy (non-hydrogen) atoms. The lowest BCUT2D eigenvalue weighted by Gasteiger charge is -2.32. The summed E-state index contributed by atoms with van der Waals surface area (Å²) in [4.78, 5) is 36.1. The molecule has 0 fully saturated rings. The highest BCUT2D eigenvalue weighted by atomic mass is 31.1. The first-order chi connectivity index (χ1) is 27.9. The van der Waals surface area contributed by atoms with Crippen molar-refractivity contribution >= 4 is 26.1 Å². The van der Waals surface area contributed by atoms with Gasteiger partial charge in [0, 0.05) is 36.8 Å². The second kappa shape index (κ2) is 34.7. The number of esters is 2. The van der Waals surface area contributed by atoms with Crippen molar-refractivity contribution in [2.45, 2.75) is 176 Å². The van der Waals surface area contributed by atoms with E-state index in [2.05, 4.69) is 70.3 Å². The van der Waals surface area contributed by atoms with Gasteiger partial charge < -0.3 is 14.8 Å². The van der Waals surface area contributed by atoms with Crippen molar-refractivity contribution in [2.75, 3.05) is 33.0 Å². The molecule has 0 bridgehead atoms. The number of rotatable bonds is 34. The summed E-state index contributed by atoms with van der Waals surface area (Å²) >= 11 is 0. The molecule has 1 rings (SSSR count). The van der Waals surface area contributed by atoms with Gasteiger partial charge in [-0.2, -0.15) is 0 Å². The van der Waals surface area contributed by atoms with Gasteiger partial charge in [-0.3, -0.25) is 14.4 Å². The van der Waals surface area contributed by atoms with Crippen LogP contribution in [0.4, 0.5) is 0 Å². The maximum atomic E-state index is 12.1. The Morgan fingerprint density at radius 3 is 2.09 bits per heavy atom. The van der Waals surface area contributed by atoms with Gasteiger partial charge in [0.05, 0.1) is 6.61 Å². The fourth-order valence-corrected chi connectivity index (χ4v) is 7.26. The number of carbonyl (C=O) groups is 3. The summed E-state index contributed by atoms with van der Waals surface area (Å²) in [6.07, 6.45) is 37.9. The molecule has 0 saturated carbocycles. The summed E-state index contributed by atoms with van der Waals surface area (Å²) in [5.41, 5.74) is 5.31.